The maximum atomic E-state index is 14.2. The van der Waals surface area contributed by atoms with E-state index in [1.165, 1.54) is 16.8 Å². The lowest BCUT2D eigenvalue weighted by Gasteiger charge is -2.41. The number of allylic oxidation sites excluding steroid dienone is 3. The van der Waals surface area contributed by atoms with Gasteiger partial charge in [-0.1, -0.05) is 60.5 Å². The zero-order valence-electron chi connectivity index (χ0n) is 36.0. The number of benzene rings is 1. The van der Waals surface area contributed by atoms with Crippen molar-refractivity contribution in [2.75, 3.05) is 19.0 Å². The number of nitrogens with zero attached hydrogens (tertiary/aromatic N) is 5. The Morgan fingerprint density at radius 3 is 2.63 bits per heavy atom. The van der Waals surface area contributed by atoms with Gasteiger partial charge in [-0.3, -0.25) is 19.6 Å². The fourth-order valence-electron chi connectivity index (χ4n) is 7.81. The predicted molar refractivity (Wildman–Crippen MR) is 225 cm³/mol. The minimum absolute atomic E-state index is 0.0590. The van der Waals surface area contributed by atoms with Crippen LogP contribution in [0.15, 0.2) is 42.1 Å². The first-order chi connectivity index (χ1) is 27.5. The highest BCUT2D eigenvalue weighted by Gasteiger charge is 2.64. The van der Waals surface area contributed by atoms with Gasteiger partial charge in [-0.05, 0) is 76.9 Å². The van der Waals surface area contributed by atoms with Crippen molar-refractivity contribution >= 4 is 49.5 Å². The third-order valence-electron chi connectivity index (χ3n) is 12.0. The molecule has 1 aromatic carbocycles. The van der Waals surface area contributed by atoms with E-state index in [0.29, 0.717) is 35.8 Å². The zero-order valence-corrected chi connectivity index (χ0v) is 37.7. The molecule has 4 bridgehead atoms. The van der Waals surface area contributed by atoms with E-state index < -0.39 is 67.9 Å². The van der Waals surface area contributed by atoms with E-state index in [9.17, 15) is 29.1 Å². The molecule has 8 atom stereocenters. The van der Waals surface area contributed by atoms with Crippen molar-refractivity contribution in [1.29, 1.82) is 0 Å². The highest BCUT2D eigenvalue weighted by atomic mass is 35.5. The van der Waals surface area contributed by atoms with Gasteiger partial charge < -0.3 is 33.9 Å². The van der Waals surface area contributed by atoms with Crippen LogP contribution >= 0.6 is 11.6 Å². The minimum atomic E-state index is -2.16. The van der Waals surface area contributed by atoms with Gasteiger partial charge in [0.1, 0.15) is 29.6 Å². The van der Waals surface area contributed by atoms with E-state index in [1.54, 1.807) is 31.8 Å². The third-order valence-corrected chi connectivity index (χ3v) is 14.1. The van der Waals surface area contributed by atoms with Gasteiger partial charge in [-0.25, -0.2) is 9.59 Å². The van der Waals surface area contributed by atoms with Crippen molar-refractivity contribution in [1.82, 2.24) is 25.2 Å². The average molecular weight is 858 g/mol. The molecule has 3 aliphatic rings. The number of aliphatic hydroxyl groups is 1. The van der Waals surface area contributed by atoms with Crippen molar-refractivity contribution in [3.63, 3.8) is 0 Å². The van der Waals surface area contributed by atoms with Crippen LogP contribution in [0.5, 0.6) is 0 Å². The fourth-order valence-corrected chi connectivity index (χ4v) is 9.07. The number of aryl methyl sites for hydroxylation is 3. The summed E-state index contributed by atoms with van der Waals surface area (Å²) >= 11 is 6.80. The minimum Gasteiger partial charge on any atom is -0.457 e. The number of esters is 1. The third kappa shape index (κ3) is 11.2. The van der Waals surface area contributed by atoms with Gasteiger partial charge in [-0.15, -0.1) is 5.10 Å². The van der Waals surface area contributed by atoms with Crippen LogP contribution in [0.2, 0.25) is 24.2 Å². The molecule has 4 heterocycles. The normalized spacial score (nSPS) is 29.6. The number of amides is 3. The number of ether oxygens (including phenoxy) is 3. The summed E-state index contributed by atoms with van der Waals surface area (Å²) in [4.78, 5) is 67.2. The molecule has 2 fully saturated rings. The number of epoxide rings is 1. The number of rotatable bonds is 10. The number of carbonyl (C=O) groups is 4. The van der Waals surface area contributed by atoms with Gasteiger partial charge >= 0.3 is 12.1 Å². The molecule has 1 aromatic heterocycles. The number of nitrogens with one attached hydrogen (secondary N) is 1. The summed E-state index contributed by atoms with van der Waals surface area (Å²) in [6.45, 7) is 15.2. The van der Waals surface area contributed by atoms with Crippen LogP contribution in [-0.2, 0) is 48.0 Å². The highest BCUT2D eigenvalue weighted by Crippen LogP contribution is 2.49. The van der Waals surface area contributed by atoms with Crippen LogP contribution in [0, 0.1) is 18.8 Å². The standard InChI is InChI=1S/C42H61ClN6O9Si/c1-25-13-11-14-27(3)42(54)23-33(56-40(53)44-42)28(4)38-41(6,58-38)34(22-36(51)48(8)32-21-30(19-25)20-26(2)37(32)43)57-39(52)29(5)47(7)35(50)16-15-31-24-49(46-45-31)17-12-18-59(9,10)55/h11,13-14,20-21,24,27-29,33-34,38,54-55H,12,15-19,22-23H2,1-10H3,(H,44,53)/b14-11+,25-13+/t27-,28-,29+,33+,34+,38+,41-,42+/m1/s1. The van der Waals surface area contributed by atoms with E-state index in [4.69, 9.17) is 25.8 Å². The largest absolute Gasteiger partial charge is 0.457 e. The first-order valence-corrected chi connectivity index (χ1v) is 23.9. The predicted octanol–water partition coefficient (Wildman–Crippen LogP) is 5.25. The van der Waals surface area contributed by atoms with Crippen LogP contribution in [0.3, 0.4) is 0 Å². The number of aromatic nitrogens is 3. The number of carbonyl (C=O) groups excluding carboxylic acids is 4. The average Bonchev–Trinajstić information content (AvgIpc) is 3.65. The summed E-state index contributed by atoms with van der Waals surface area (Å²) in [5.74, 6) is -2.40. The van der Waals surface area contributed by atoms with Gasteiger partial charge in [0.05, 0.1) is 28.9 Å². The molecule has 324 valence electrons. The Labute approximate surface area is 353 Å². The van der Waals surface area contributed by atoms with Gasteiger partial charge in [0, 0.05) is 57.9 Å². The van der Waals surface area contributed by atoms with Crippen LogP contribution in [0.1, 0.15) is 77.1 Å². The van der Waals surface area contributed by atoms with Crippen molar-refractivity contribution in [3.8, 4) is 0 Å². The molecule has 2 saturated heterocycles. The Morgan fingerprint density at radius 2 is 1.93 bits per heavy atom. The molecule has 0 radical (unpaired) electrons. The molecular formula is C42H61ClN6O9Si. The number of anilines is 1. The molecule has 3 N–H and O–H groups in total. The van der Waals surface area contributed by atoms with E-state index in [2.05, 4.69) is 15.6 Å². The zero-order chi connectivity index (χ0) is 43.6. The summed E-state index contributed by atoms with van der Waals surface area (Å²) in [5, 5.41) is 23.1. The van der Waals surface area contributed by atoms with Crippen molar-refractivity contribution in [2.45, 2.75) is 141 Å². The lowest BCUT2D eigenvalue weighted by molar-refractivity contribution is -0.162. The number of hydrogen-bond donors (Lipinski definition) is 3. The second-order valence-corrected chi connectivity index (χ2v) is 22.0. The van der Waals surface area contributed by atoms with E-state index in [0.717, 1.165) is 29.2 Å². The van der Waals surface area contributed by atoms with Crippen LogP contribution in [-0.4, -0.2) is 112 Å². The van der Waals surface area contributed by atoms with Crippen molar-refractivity contribution in [3.05, 3.63) is 64.0 Å². The number of halogens is 1. The second-order valence-electron chi connectivity index (χ2n) is 17.5. The summed E-state index contributed by atoms with van der Waals surface area (Å²) in [5.41, 5.74) is 1.06. The molecule has 59 heavy (non-hydrogen) atoms. The molecule has 0 spiro atoms. The maximum absolute atomic E-state index is 14.2. The summed E-state index contributed by atoms with van der Waals surface area (Å²) in [6.07, 6.45) is 5.62. The summed E-state index contributed by atoms with van der Waals surface area (Å²) < 4.78 is 19.9. The lowest BCUT2D eigenvalue weighted by atomic mass is 9.82. The second kappa shape index (κ2) is 18.3. The Balaban J connectivity index is 1.37. The molecule has 2 aromatic rings. The number of alkyl carbamates (subject to hydrolysis) is 1. The van der Waals surface area contributed by atoms with Crippen molar-refractivity contribution in [2.24, 2.45) is 11.8 Å². The molecule has 5 rings (SSSR count). The quantitative estimate of drug-likeness (QED) is 0.161. The van der Waals surface area contributed by atoms with Crippen LogP contribution < -0.4 is 10.2 Å². The van der Waals surface area contributed by atoms with E-state index >= 15 is 0 Å². The van der Waals surface area contributed by atoms with Crippen LogP contribution in [0.4, 0.5) is 10.5 Å². The Morgan fingerprint density at radius 1 is 1.22 bits per heavy atom. The number of fused-ring (bicyclic) bond motifs is 5. The molecule has 17 heteroatoms. The summed E-state index contributed by atoms with van der Waals surface area (Å²) in [6, 6.07) is 3.56. The smallest absolute Gasteiger partial charge is 0.409 e. The molecule has 0 aliphatic carbocycles. The fraction of sp³-hybridized carbons (Fsp3) is 0.619. The molecule has 0 unspecified atom stereocenters. The number of hydrogen-bond acceptors (Lipinski definition) is 11. The first kappa shape index (κ1) is 46.0. The molecular weight excluding hydrogens is 796 g/mol. The highest BCUT2D eigenvalue weighted by molar-refractivity contribution is 6.69. The number of likely N-dealkylation sites (N-methyl/N-ethyl adjacent to an activating group) is 1. The maximum Gasteiger partial charge on any atom is 0.409 e. The van der Waals surface area contributed by atoms with Gasteiger partial charge in [0.25, 0.3) is 0 Å². The van der Waals surface area contributed by atoms with Crippen LogP contribution in [0.25, 0.3) is 0 Å². The van der Waals surface area contributed by atoms with Gasteiger partial charge in [0.2, 0.25) is 11.8 Å². The lowest BCUT2D eigenvalue weighted by Crippen LogP contribution is -2.60. The molecule has 0 saturated carbocycles. The first-order valence-electron chi connectivity index (χ1n) is 20.4. The Kier molecular flexibility index (Phi) is 14.2. The Hall–Kier alpha value is -4.09. The molecule has 3 aliphatic heterocycles. The summed E-state index contributed by atoms with van der Waals surface area (Å²) in [7, 11) is 0.985. The van der Waals surface area contributed by atoms with Gasteiger partial charge in [-0.2, -0.15) is 0 Å². The monoisotopic (exact) mass is 856 g/mol. The van der Waals surface area contributed by atoms with Gasteiger partial charge in [0.15, 0.2) is 8.32 Å². The SMILES string of the molecule is C/C1=C\C=C\[C@@H](C)[C@@]2(O)C[C@H](OC(=O)N2)[C@@H](C)[C@@H]2O[C@]2(C)[C@@H](OC(=O)[C@H](C)N(C)C(=O)CCc2cn(CCC[Si](C)(C)O)nn2)CC(=O)N(C)c2cc(cc(C)c2Cl)C1. The topological polar surface area (TPSA) is 189 Å². The molecule has 15 nitrogen and oxygen atoms in total. The molecule has 3 amide bonds. The van der Waals surface area contributed by atoms with Crippen molar-refractivity contribution < 1.29 is 43.3 Å². The van der Waals surface area contributed by atoms with E-state index in [-0.39, 0.29) is 31.1 Å². The van der Waals surface area contributed by atoms with E-state index in [1.807, 2.05) is 71.1 Å². The Bertz CT molecular complexity index is 1970.